The summed E-state index contributed by atoms with van der Waals surface area (Å²) in [5, 5.41) is 0.800. The predicted octanol–water partition coefficient (Wildman–Crippen LogP) is 5.77. The lowest BCUT2D eigenvalue weighted by atomic mass is 9.85. The monoisotopic (exact) mass is 258 g/mol. The van der Waals surface area contributed by atoms with E-state index in [0.717, 1.165) is 5.02 Å². The maximum absolute atomic E-state index is 6.15. The topological polar surface area (TPSA) is 0 Å². The highest BCUT2D eigenvalue weighted by Crippen LogP contribution is 2.34. The van der Waals surface area contributed by atoms with Crippen LogP contribution in [0.1, 0.15) is 32.3 Å². The Labute approximate surface area is 115 Å². The molecule has 0 nitrogen and oxygen atoms in total. The molecule has 2 rings (SSSR count). The lowest BCUT2D eigenvalue weighted by Gasteiger charge is -2.20. The first kappa shape index (κ1) is 13.2. The van der Waals surface area contributed by atoms with E-state index in [1.54, 1.807) is 0 Å². The Morgan fingerprint density at radius 3 is 2.17 bits per heavy atom. The molecule has 0 heterocycles. The Kier molecular flexibility index (Phi) is 4.08. The average Bonchev–Trinajstić information content (AvgIpc) is 2.39. The SMILES string of the molecule is CC(C)C(C)c1ccc(Cl)cc1-c1ccccc1. The number of hydrogen-bond donors (Lipinski definition) is 0. The van der Waals surface area contributed by atoms with E-state index in [2.05, 4.69) is 57.2 Å². The van der Waals surface area contributed by atoms with Gasteiger partial charge in [-0.05, 0) is 40.7 Å². The van der Waals surface area contributed by atoms with Crippen molar-refractivity contribution in [2.45, 2.75) is 26.7 Å². The molecule has 0 aliphatic rings. The zero-order valence-electron chi connectivity index (χ0n) is 11.2. The number of rotatable bonds is 3. The molecule has 2 aromatic carbocycles. The first-order valence-corrected chi connectivity index (χ1v) is 6.82. The minimum Gasteiger partial charge on any atom is -0.0843 e. The van der Waals surface area contributed by atoms with Crippen LogP contribution >= 0.6 is 11.6 Å². The molecule has 0 spiro atoms. The second-order valence-electron chi connectivity index (χ2n) is 5.13. The highest BCUT2D eigenvalue weighted by Gasteiger charge is 2.15. The van der Waals surface area contributed by atoms with Gasteiger partial charge in [0.15, 0.2) is 0 Å². The van der Waals surface area contributed by atoms with Gasteiger partial charge in [-0.1, -0.05) is 68.8 Å². The predicted molar refractivity (Wildman–Crippen MR) is 80.1 cm³/mol. The molecular formula is C17H19Cl. The first-order valence-electron chi connectivity index (χ1n) is 6.44. The largest absolute Gasteiger partial charge is 0.0843 e. The molecule has 0 saturated carbocycles. The molecule has 2 aromatic rings. The van der Waals surface area contributed by atoms with E-state index in [-0.39, 0.29) is 0 Å². The van der Waals surface area contributed by atoms with Crippen LogP contribution in [0.5, 0.6) is 0 Å². The summed E-state index contributed by atoms with van der Waals surface area (Å²) in [6, 6.07) is 16.7. The van der Waals surface area contributed by atoms with Gasteiger partial charge in [-0.25, -0.2) is 0 Å². The number of benzene rings is 2. The van der Waals surface area contributed by atoms with Gasteiger partial charge in [-0.2, -0.15) is 0 Å². The molecule has 0 aliphatic carbocycles. The van der Waals surface area contributed by atoms with Gasteiger partial charge < -0.3 is 0 Å². The van der Waals surface area contributed by atoms with E-state index in [4.69, 9.17) is 11.6 Å². The Hall–Kier alpha value is -1.27. The fraction of sp³-hybridized carbons (Fsp3) is 0.294. The summed E-state index contributed by atoms with van der Waals surface area (Å²) in [5.41, 5.74) is 3.87. The van der Waals surface area contributed by atoms with Crippen molar-refractivity contribution in [1.82, 2.24) is 0 Å². The summed E-state index contributed by atoms with van der Waals surface area (Å²) in [5.74, 6) is 1.14. The first-order chi connectivity index (χ1) is 8.59. The van der Waals surface area contributed by atoms with Crippen LogP contribution in [0, 0.1) is 5.92 Å². The highest BCUT2D eigenvalue weighted by atomic mass is 35.5. The maximum atomic E-state index is 6.15. The molecule has 94 valence electrons. The van der Waals surface area contributed by atoms with Gasteiger partial charge in [0.2, 0.25) is 0 Å². The van der Waals surface area contributed by atoms with Crippen molar-refractivity contribution in [3.05, 3.63) is 59.1 Å². The zero-order chi connectivity index (χ0) is 13.1. The second kappa shape index (κ2) is 5.58. The quantitative estimate of drug-likeness (QED) is 0.656. The van der Waals surface area contributed by atoms with Crippen LogP contribution in [0.25, 0.3) is 11.1 Å². The molecular weight excluding hydrogens is 240 g/mol. The minimum absolute atomic E-state index is 0.525. The summed E-state index contributed by atoms with van der Waals surface area (Å²) in [4.78, 5) is 0. The van der Waals surface area contributed by atoms with Crippen LogP contribution < -0.4 is 0 Å². The van der Waals surface area contributed by atoms with Crippen molar-refractivity contribution in [1.29, 1.82) is 0 Å². The van der Waals surface area contributed by atoms with E-state index < -0.39 is 0 Å². The maximum Gasteiger partial charge on any atom is 0.0412 e. The Balaban J connectivity index is 2.55. The number of halogens is 1. The van der Waals surface area contributed by atoms with Gasteiger partial charge in [0, 0.05) is 5.02 Å². The molecule has 1 heteroatoms. The van der Waals surface area contributed by atoms with Crippen LogP contribution in [0.15, 0.2) is 48.5 Å². The molecule has 1 atom stereocenters. The van der Waals surface area contributed by atoms with Crippen LogP contribution in [-0.2, 0) is 0 Å². The Morgan fingerprint density at radius 1 is 0.889 bits per heavy atom. The molecule has 1 unspecified atom stereocenters. The number of hydrogen-bond acceptors (Lipinski definition) is 0. The molecule has 18 heavy (non-hydrogen) atoms. The lowest BCUT2D eigenvalue weighted by molar-refractivity contribution is 0.536. The smallest absolute Gasteiger partial charge is 0.0412 e. The fourth-order valence-corrected chi connectivity index (χ4v) is 2.32. The van der Waals surface area contributed by atoms with Crippen molar-refractivity contribution in [3.8, 4) is 11.1 Å². The summed E-state index contributed by atoms with van der Waals surface area (Å²) in [6.45, 7) is 6.79. The summed E-state index contributed by atoms with van der Waals surface area (Å²) in [6.07, 6.45) is 0. The molecule has 0 fully saturated rings. The molecule has 0 bridgehead atoms. The van der Waals surface area contributed by atoms with Crippen LogP contribution in [-0.4, -0.2) is 0 Å². The molecule has 0 N–H and O–H groups in total. The van der Waals surface area contributed by atoms with Gasteiger partial charge in [0.05, 0.1) is 0 Å². The third kappa shape index (κ3) is 2.76. The fourth-order valence-electron chi connectivity index (χ4n) is 2.15. The van der Waals surface area contributed by atoms with E-state index in [9.17, 15) is 0 Å². The Morgan fingerprint density at radius 2 is 1.56 bits per heavy atom. The zero-order valence-corrected chi connectivity index (χ0v) is 11.9. The van der Waals surface area contributed by atoms with E-state index >= 15 is 0 Å². The van der Waals surface area contributed by atoms with Crippen LogP contribution in [0.2, 0.25) is 5.02 Å². The van der Waals surface area contributed by atoms with E-state index in [1.807, 2.05) is 12.1 Å². The second-order valence-corrected chi connectivity index (χ2v) is 5.57. The standard InChI is InChI=1S/C17H19Cl/c1-12(2)13(3)16-10-9-15(18)11-17(16)14-7-5-4-6-8-14/h4-13H,1-3H3. The van der Waals surface area contributed by atoms with Crippen LogP contribution in [0.3, 0.4) is 0 Å². The molecule has 0 aromatic heterocycles. The minimum atomic E-state index is 0.525. The van der Waals surface area contributed by atoms with E-state index in [1.165, 1.54) is 16.7 Å². The van der Waals surface area contributed by atoms with Crippen molar-refractivity contribution in [2.75, 3.05) is 0 Å². The normalized spacial score (nSPS) is 12.7. The molecule has 0 aliphatic heterocycles. The third-order valence-corrected chi connectivity index (χ3v) is 3.83. The van der Waals surface area contributed by atoms with Gasteiger partial charge in [-0.15, -0.1) is 0 Å². The van der Waals surface area contributed by atoms with Crippen molar-refractivity contribution in [3.63, 3.8) is 0 Å². The summed E-state index contributed by atoms with van der Waals surface area (Å²) in [7, 11) is 0. The van der Waals surface area contributed by atoms with Crippen molar-refractivity contribution in [2.24, 2.45) is 5.92 Å². The van der Waals surface area contributed by atoms with Gasteiger partial charge in [0.1, 0.15) is 0 Å². The van der Waals surface area contributed by atoms with Gasteiger partial charge in [-0.3, -0.25) is 0 Å². The third-order valence-electron chi connectivity index (χ3n) is 3.59. The summed E-state index contributed by atoms with van der Waals surface area (Å²) < 4.78 is 0. The summed E-state index contributed by atoms with van der Waals surface area (Å²) >= 11 is 6.15. The lowest BCUT2D eigenvalue weighted by Crippen LogP contribution is -2.03. The molecule has 0 radical (unpaired) electrons. The Bertz CT molecular complexity index is 514. The van der Waals surface area contributed by atoms with Crippen molar-refractivity contribution < 1.29 is 0 Å². The molecule has 0 saturated heterocycles. The van der Waals surface area contributed by atoms with Gasteiger partial charge >= 0.3 is 0 Å². The van der Waals surface area contributed by atoms with Gasteiger partial charge in [0.25, 0.3) is 0 Å². The van der Waals surface area contributed by atoms with E-state index in [0.29, 0.717) is 11.8 Å². The van der Waals surface area contributed by atoms with Crippen molar-refractivity contribution >= 4 is 11.6 Å². The average molecular weight is 259 g/mol. The highest BCUT2D eigenvalue weighted by molar-refractivity contribution is 6.30. The van der Waals surface area contributed by atoms with Crippen LogP contribution in [0.4, 0.5) is 0 Å². The molecule has 0 amide bonds.